The van der Waals surface area contributed by atoms with Crippen LogP contribution in [0.15, 0.2) is 36.4 Å². The molecule has 1 amide bonds. The maximum Gasteiger partial charge on any atom is 0.261 e. The zero-order valence-electron chi connectivity index (χ0n) is 16.6. The van der Waals surface area contributed by atoms with Crippen molar-refractivity contribution in [1.29, 1.82) is 0 Å². The van der Waals surface area contributed by atoms with E-state index in [4.69, 9.17) is 9.47 Å². The first kappa shape index (κ1) is 19.8. The van der Waals surface area contributed by atoms with E-state index in [1.165, 1.54) is 0 Å². The fraction of sp³-hybridized carbons (Fsp3) is 0.409. The normalized spacial score (nSPS) is 13.0. The number of rotatable bonds is 7. The van der Waals surface area contributed by atoms with Crippen LogP contribution in [0.3, 0.4) is 0 Å². The molecule has 2 rings (SSSR count). The molecule has 2 aromatic rings. The van der Waals surface area contributed by atoms with E-state index in [9.17, 15) is 4.79 Å². The topological polar surface area (TPSA) is 47.6 Å². The van der Waals surface area contributed by atoms with Crippen molar-refractivity contribution < 1.29 is 14.3 Å². The van der Waals surface area contributed by atoms with Crippen LogP contribution in [0.25, 0.3) is 0 Å². The predicted octanol–water partition coefficient (Wildman–Crippen LogP) is 4.66. The summed E-state index contributed by atoms with van der Waals surface area (Å²) in [6, 6.07) is 11.7. The summed E-state index contributed by atoms with van der Waals surface area (Å²) in [6.45, 7) is 12.4. The van der Waals surface area contributed by atoms with Gasteiger partial charge in [-0.2, -0.15) is 0 Å². The van der Waals surface area contributed by atoms with Gasteiger partial charge in [0.15, 0.2) is 6.10 Å². The molecule has 0 heterocycles. The zero-order valence-corrected chi connectivity index (χ0v) is 16.6. The van der Waals surface area contributed by atoms with Gasteiger partial charge in [-0.15, -0.1) is 0 Å². The third-order valence-corrected chi connectivity index (χ3v) is 4.49. The molecule has 0 aliphatic heterocycles. The first-order chi connectivity index (χ1) is 12.3. The lowest BCUT2D eigenvalue weighted by Crippen LogP contribution is -2.37. The summed E-state index contributed by atoms with van der Waals surface area (Å²) in [5, 5.41) is 3.01. The van der Waals surface area contributed by atoms with Gasteiger partial charge in [0.1, 0.15) is 11.5 Å². The quantitative estimate of drug-likeness (QED) is 0.786. The molecule has 2 aromatic carbocycles. The molecule has 0 aliphatic carbocycles. The average Bonchev–Trinajstić information content (AvgIpc) is 2.60. The number of hydrogen-bond donors (Lipinski definition) is 1. The monoisotopic (exact) mass is 355 g/mol. The molecular formula is C22H29NO3. The van der Waals surface area contributed by atoms with Gasteiger partial charge < -0.3 is 14.8 Å². The number of nitrogens with one attached hydrogen (secondary N) is 1. The van der Waals surface area contributed by atoms with Crippen molar-refractivity contribution in [2.24, 2.45) is 0 Å². The Labute approximate surface area is 156 Å². The van der Waals surface area contributed by atoms with Crippen molar-refractivity contribution in [3.8, 4) is 11.5 Å². The summed E-state index contributed by atoms with van der Waals surface area (Å²) < 4.78 is 11.4. The van der Waals surface area contributed by atoms with Crippen LogP contribution < -0.4 is 14.8 Å². The smallest absolute Gasteiger partial charge is 0.261 e. The van der Waals surface area contributed by atoms with Crippen LogP contribution >= 0.6 is 0 Å². The molecule has 0 unspecified atom stereocenters. The Morgan fingerprint density at radius 1 is 1.08 bits per heavy atom. The van der Waals surface area contributed by atoms with Crippen LogP contribution in [0.2, 0.25) is 0 Å². The van der Waals surface area contributed by atoms with E-state index >= 15 is 0 Å². The summed E-state index contributed by atoms with van der Waals surface area (Å²) in [6.07, 6.45) is -0.569. The van der Waals surface area contributed by atoms with E-state index in [-0.39, 0.29) is 11.9 Å². The SMILES string of the molecule is CCOc1ccc([C@H](C)NC(=O)[C@@H](C)Oc2cc(C)cc(C)c2C)cc1. The first-order valence-corrected chi connectivity index (χ1v) is 9.09. The van der Waals surface area contributed by atoms with Gasteiger partial charge in [-0.3, -0.25) is 4.79 Å². The molecule has 4 nitrogen and oxygen atoms in total. The Morgan fingerprint density at radius 3 is 2.35 bits per heavy atom. The molecule has 0 saturated heterocycles. The maximum absolute atomic E-state index is 12.5. The van der Waals surface area contributed by atoms with Crippen LogP contribution in [0.5, 0.6) is 11.5 Å². The summed E-state index contributed by atoms with van der Waals surface area (Å²) in [7, 11) is 0. The van der Waals surface area contributed by atoms with Crippen molar-refractivity contribution >= 4 is 5.91 Å². The molecular weight excluding hydrogens is 326 g/mol. The summed E-state index contributed by atoms with van der Waals surface area (Å²) in [5.74, 6) is 1.46. The van der Waals surface area contributed by atoms with Crippen molar-refractivity contribution in [1.82, 2.24) is 5.32 Å². The molecule has 0 aliphatic rings. The van der Waals surface area contributed by atoms with Crippen LogP contribution in [-0.4, -0.2) is 18.6 Å². The second-order valence-electron chi connectivity index (χ2n) is 6.70. The van der Waals surface area contributed by atoms with Crippen LogP contribution in [-0.2, 0) is 4.79 Å². The average molecular weight is 355 g/mol. The molecule has 0 aromatic heterocycles. The summed E-state index contributed by atoms with van der Waals surface area (Å²) >= 11 is 0. The number of amides is 1. The fourth-order valence-electron chi connectivity index (χ4n) is 2.80. The number of benzene rings is 2. The van der Waals surface area contributed by atoms with E-state index in [1.807, 2.05) is 65.0 Å². The van der Waals surface area contributed by atoms with E-state index in [0.717, 1.165) is 33.8 Å². The lowest BCUT2D eigenvalue weighted by atomic mass is 10.1. The molecule has 0 radical (unpaired) electrons. The number of carbonyl (C=O) groups excluding carboxylic acids is 1. The molecule has 26 heavy (non-hydrogen) atoms. The highest BCUT2D eigenvalue weighted by molar-refractivity contribution is 5.81. The molecule has 140 valence electrons. The van der Waals surface area contributed by atoms with Gasteiger partial charge in [0.05, 0.1) is 12.6 Å². The van der Waals surface area contributed by atoms with Crippen LogP contribution in [0.4, 0.5) is 0 Å². The Hall–Kier alpha value is -2.49. The highest BCUT2D eigenvalue weighted by Gasteiger charge is 2.19. The molecule has 0 bridgehead atoms. The largest absolute Gasteiger partial charge is 0.494 e. The minimum Gasteiger partial charge on any atom is -0.494 e. The molecule has 2 atom stereocenters. The Bertz CT molecular complexity index is 753. The molecule has 0 fully saturated rings. The second-order valence-corrected chi connectivity index (χ2v) is 6.70. The third-order valence-electron chi connectivity index (χ3n) is 4.49. The summed E-state index contributed by atoms with van der Waals surface area (Å²) in [4.78, 5) is 12.5. The number of hydrogen-bond acceptors (Lipinski definition) is 3. The van der Waals surface area contributed by atoms with Gasteiger partial charge >= 0.3 is 0 Å². The van der Waals surface area contributed by atoms with Crippen LogP contribution in [0.1, 0.15) is 49.1 Å². The predicted molar refractivity (Wildman–Crippen MR) is 105 cm³/mol. The summed E-state index contributed by atoms with van der Waals surface area (Å²) in [5.41, 5.74) is 4.38. The van der Waals surface area contributed by atoms with E-state index in [0.29, 0.717) is 6.61 Å². The Balaban J connectivity index is 2.00. The number of ether oxygens (including phenoxy) is 2. The minimum absolute atomic E-state index is 0.107. The second kappa shape index (κ2) is 8.75. The van der Waals surface area contributed by atoms with Crippen molar-refractivity contribution in [3.05, 3.63) is 58.7 Å². The number of aryl methyl sites for hydroxylation is 2. The zero-order chi connectivity index (χ0) is 19.3. The standard InChI is InChI=1S/C22H29NO3/c1-7-25-20-10-8-19(9-11-20)17(5)23-22(24)18(6)26-21-13-14(2)12-15(3)16(21)4/h8-13,17-18H,7H2,1-6H3,(H,23,24)/t17-,18+/m0/s1. The van der Waals surface area contributed by atoms with Crippen molar-refractivity contribution in [2.75, 3.05) is 6.61 Å². The van der Waals surface area contributed by atoms with Gasteiger partial charge in [-0.05, 0) is 82.0 Å². The Kier molecular flexibility index (Phi) is 6.67. The van der Waals surface area contributed by atoms with Gasteiger partial charge in [0.25, 0.3) is 5.91 Å². The van der Waals surface area contributed by atoms with Crippen molar-refractivity contribution in [3.63, 3.8) is 0 Å². The van der Waals surface area contributed by atoms with Gasteiger partial charge in [0, 0.05) is 0 Å². The minimum atomic E-state index is -0.569. The van der Waals surface area contributed by atoms with E-state index in [2.05, 4.69) is 11.4 Å². The van der Waals surface area contributed by atoms with Gasteiger partial charge in [-0.25, -0.2) is 0 Å². The maximum atomic E-state index is 12.5. The Morgan fingerprint density at radius 2 is 1.73 bits per heavy atom. The fourth-order valence-corrected chi connectivity index (χ4v) is 2.80. The van der Waals surface area contributed by atoms with E-state index in [1.54, 1.807) is 6.92 Å². The van der Waals surface area contributed by atoms with Crippen molar-refractivity contribution in [2.45, 2.75) is 53.7 Å². The third kappa shape index (κ3) is 5.01. The molecule has 4 heteroatoms. The van der Waals surface area contributed by atoms with Gasteiger partial charge in [0.2, 0.25) is 0 Å². The van der Waals surface area contributed by atoms with Crippen LogP contribution in [0, 0.1) is 20.8 Å². The lowest BCUT2D eigenvalue weighted by Gasteiger charge is -2.21. The molecule has 0 spiro atoms. The molecule has 0 saturated carbocycles. The molecule has 1 N–H and O–H groups in total. The lowest BCUT2D eigenvalue weighted by molar-refractivity contribution is -0.127. The highest BCUT2D eigenvalue weighted by atomic mass is 16.5. The van der Waals surface area contributed by atoms with E-state index < -0.39 is 6.10 Å². The highest BCUT2D eigenvalue weighted by Crippen LogP contribution is 2.24. The number of carbonyl (C=O) groups is 1. The first-order valence-electron chi connectivity index (χ1n) is 9.09. The van der Waals surface area contributed by atoms with Gasteiger partial charge in [-0.1, -0.05) is 18.2 Å².